The van der Waals surface area contributed by atoms with Crippen molar-refractivity contribution in [2.45, 2.75) is 26.5 Å². The Morgan fingerprint density at radius 1 is 1.50 bits per heavy atom. The number of hydrogen-bond donors (Lipinski definition) is 2. The molecule has 0 spiro atoms. The quantitative estimate of drug-likeness (QED) is 0.759. The first-order chi connectivity index (χ1) is 7.72. The van der Waals surface area contributed by atoms with E-state index in [2.05, 4.69) is 25.6 Å². The van der Waals surface area contributed by atoms with Crippen molar-refractivity contribution in [2.75, 3.05) is 11.9 Å². The fourth-order valence-electron chi connectivity index (χ4n) is 1.38. The summed E-state index contributed by atoms with van der Waals surface area (Å²) >= 11 is 0. The van der Waals surface area contributed by atoms with Crippen molar-refractivity contribution in [3.63, 3.8) is 0 Å². The molecule has 0 fully saturated rings. The zero-order chi connectivity index (χ0) is 11.5. The molecule has 0 bridgehead atoms. The Bertz CT molecular complexity index is 480. The van der Waals surface area contributed by atoms with E-state index in [1.165, 1.54) is 6.33 Å². The number of aromatic nitrogens is 5. The zero-order valence-electron chi connectivity index (χ0n) is 9.25. The summed E-state index contributed by atoms with van der Waals surface area (Å²) in [7, 11) is 0. The van der Waals surface area contributed by atoms with Gasteiger partial charge in [0.15, 0.2) is 17.0 Å². The summed E-state index contributed by atoms with van der Waals surface area (Å²) < 4.78 is 1.70. The van der Waals surface area contributed by atoms with Crippen molar-refractivity contribution in [1.82, 2.24) is 25.0 Å². The second-order valence-electron chi connectivity index (χ2n) is 3.53. The molecule has 2 rings (SSSR count). The molecule has 16 heavy (non-hydrogen) atoms. The molecule has 0 unspecified atom stereocenters. The Balaban J connectivity index is 2.35. The molecular weight excluding hydrogens is 208 g/mol. The Morgan fingerprint density at radius 3 is 3.00 bits per heavy atom. The first-order valence-corrected chi connectivity index (χ1v) is 5.18. The number of fused-ring (bicyclic) bond motifs is 1. The molecule has 7 nitrogen and oxygen atoms in total. The smallest absolute Gasteiger partial charge is 0.183 e. The normalized spacial score (nSPS) is 12.9. The van der Waals surface area contributed by atoms with Crippen LogP contribution in [0.3, 0.4) is 0 Å². The van der Waals surface area contributed by atoms with Gasteiger partial charge in [-0.3, -0.25) is 0 Å². The van der Waals surface area contributed by atoms with Gasteiger partial charge < -0.3 is 10.4 Å². The molecule has 1 atom stereocenters. The molecular formula is C9H14N6O. The Morgan fingerprint density at radius 2 is 2.31 bits per heavy atom. The van der Waals surface area contributed by atoms with E-state index in [1.807, 2.05) is 6.92 Å². The lowest BCUT2D eigenvalue weighted by Gasteiger charge is -2.06. The van der Waals surface area contributed by atoms with Crippen LogP contribution in [0.25, 0.3) is 11.2 Å². The van der Waals surface area contributed by atoms with Gasteiger partial charge in [-0.05, 0) is 13.8 Å². The van der Waals surface area contributed by atoms with Crippen molar-refractivity contribution in [3.05, 3.63) is 6.33 Å². The maximum atomic E-state index is 9.19. The monoisotopic (exact) mass is 222 g/mol. The van der Waals surface area contributed by atoms with Crippen LogP contribution < -0.4 is 5.32 Å². The number of aliphatic hydroxyl groups is 1. The molecule has 0 aliphatic rings. The molecule has 0 aliphatic carbocycles. The van der Waals surface area contributed by atoms with E-state index >= 15 is 0 Å². The molecule has 0 radical (unpaired) electrons. The van der Waals surface area contributed by atoms with Gasteiger partial charge in [-0.1, -0.05) is 5.21 Å². The van der Waals surface area contributed by atoms with Gasteiger partial charge in [-0.15, -0.1) is 5.10 Å². The van der Waals surface area contributed by atoms with Crippen molar-refractivity contribution in [1.29, 1.82) is 0 Å². The fourth-order valence-corrected chi connectivity index (χ4v) is 1.38. The summed E-state index contributed by atoms with van der Waals surface area (Å²) in [5.74, 6) is 0.602. The average molecular weight is 222 g/mol. The van der Waals surface area contributed by atoms with Gasteiger partial charge in [0.25, 0.3) is 0 Å². The van der Waals surface area contributed by atoms with Crippen molar-refractivity contribution < 1.29 is 5.11 Å². The SMILES string of the molecule is CCn1nnc2c(NC[C@@H](C)O)ncnc21. The summed E-state index contributed by atoms with van der Waals surface area (Å²) in [6.45, 7) is 4.81. The van der Waals surface area contributed by atoms with Crippen LogP contribution in [0.4, 0.5) is 5.82 Å². The molecule has 2 heterocycles. The van der Waals surface area contributed by atoms with Gasteiger partial charge in [0, 0.05) is 13.1 Å². The number of hydrogen-bond acceptors (Lipinski definition) is 6. The topological polar surface area (TPSA) is 88.8 Å². The maximum Gasteiger partial charge on any atom is 0.183 e. The lowest BCUT2D eigenvalue weighted by Crippen LogP contribution is -2.16. The molecule has 0 amide bonds. The second kappa shape index (κ2) is 4.40. The van der Waals surface area contributed by atoms with E-state index < -0.39 is 6.10 Å². The molecule has 2 aromatic rings. The van der Waals surface area contributed by atoms with E-state index in [-0.39, 0.29) is 0 Å². The largest absolute Gasteiger partial charge is 0.392 e. The highest BCUT2D eigenvalue weighted by atomic mass is 16.3. The van der Waals surface area contributed by atoms with Crippen molar-refractivity contribution in [2.24, 2.45) is 0 Å². The number of nitrogens with one attached hydrogen (secondary N) is 1. The third kappa shape index (κ3) is 1.94. The summed E-state index contributed by atoms with van der Waals surface area (Å²) in [5.41, 5.74) is 1.33. The van der Waals surface area contributed by atoms with E-state index in [4.69, 9.17) is 0 Å². The van der Waals surface area contributed by atoms with Crippen molar-refractivity contribution >= 4 is 17.0 Å². The molecule has 0 saturated carbocycles. The average Bonchev–Trinajstić information content (AvgIpc) is 2.69. The summed E-state index contributed by atoms with van der Waals surface area (Å²) in [6, 6.07) is 0. The Labute approximate surface area is 92.5 Å². The Hall–Kier alpha value is -1.76. The van der Waals surface area contributed by atoms with E-state index in [0.717, 1.165) is 0 Å². The van der Waals surface area contributed by atoms with Gasteiger partial charge in [0.05, 0.1) is 6.10 Å². The first kappa shape index (κ1) is 10.7. The van der Waals surface area contributed by atoms with Gasteiger partial charge in [0.2, 0.25) is 0 Å². The molecule has 2 N–H and O–H groups in total. The minimum Gasteiger partial charge on any atom is -0.392 e. The molecule has 0 aliphatic heterocycles. The molecule has 2 aromatic heterocycles. The van der Waals surface area contributed by atoms with Crippen LogP contribution in [0.2, 0.25) is 0 Å². The lowest BCUT2D eigenvalue weighted by atomic mass is 10.4. The standard InChI is InChI=1S/C9H14N6O/c1-3-15-9-7(13-14-15)8(11-5-12-9)10-4-6(2)16/h5-6,16H,3-4H2,1-2H3,(H,10,11,12)/t6-/m1/s1. The molecule has 0 saturated heterocycles. The fraction of sp³-hybridized carbons (Fsp3) is 0.556. The van der Waals surface area contributed by atoms with Gasteiger partial charge in [0.1, 0.15) is 6.33 Å². The van der Waals surface area contributed by atoms with Crippen LogP contribution in [0.5, 0.6) is 0 Å². The number of rotatable bonds is 4. The van der Waals surface area contributed by atoms with Gasteiger partial charge >= 0.3 is 0 Å². The summed E-state index contributed by atoms with van der Waals surface area (Å²) in [6.07, 6.45) is 1.02. The van der Waals surface area contributed by atoms with Crippen LogP contribution in [-0.2, 0) is 6.54 Å². The second-order valence-corrected chi connectivity index (χ2v) is 3.53. The maximum absolute atomic E-state index is 9.19. The summed E-state index contributed by atoms with van der Waals surface area (Å²) in [5, 5.41) is 20.2. The molecule has 0 aromatic carbocycles. The molecule has 86 valence electrons. The van der Waals surface area contributed by atoms with E-state index in [1.54, 1.807) is 11.6 Å². The van der Waals surface area contributed by atoms with Gasteiger partial charge in [-0.2, -0.15) is 0 Å². The van der Waals surface area contributed by atoms with Crippen LogP contribution in [0, 0.1) is 0 Å². The number of aryl methyl sites for hydroxylation is 1. The Kier molecular flexibility index (Phi) is 2.95. The molecule has 7 heteroatoms. The number of nitrogens with zero attached hydrogens (tertiary/aromatic N) is 5. The number of aliphatic hydroxyl groups excluding tert-OH is 1. The van der Waals surface area contributed by atoms with E-state index in [9.17, 15) is 5.11 Å². The predicted molar refractivity (Wildman–Crippen MR) is 59.0 cm³/mol. The third-order valence-electron chi connectivity index (χ3n) is 2.16. The minimum atomic E-state index is -0.439. The summed E-state index contributed by atoms with van der Waals surface area (Å²) in [4.78, 5) is 8.20. The third-order valence-corrected chi connectivity index (χ3v) is 2.16. The predicted octanol–water partition coefficient (Wildman–Crippen LogP) is 0.0339. The van der Waals surface area contributed by atoms with Crippen LogP contribution >= 0.6 is 0 Å². The highest BCUT2D eigenvalue weighted by Gasteiger charge is 2.10. The first-order valence-electron chi connectivity index (χ1n) is 5.18. The van der Waals surface area contributed by atoms with Crippen molar-refractivity contribution in [3.8, 4) is 0 Å². The number of anilines is 1. The van der Waals surface area contributed by atoms with Crippen LogP contribution in [0.1, 0.15) is 13.8 Å². The van der Waals surface area contributed by atoms with E-state index in [0.29, 0.717) is 30.1 Å². The highest BCUT2D eigenvalue weighted by Crippen LogP contribution is 2.15. The minimum absolute atomic E-state index is 0.422. The zero-order valence-corrected chi connectivity index (χ0v) is 9.25. The highest BCUT2D eigenvalue weighted by molar-refractivity contribution is 5.81. The lowest BCUT2D eigenvalue weighted by molar-refractivity contribution is 0.208. The van der Waals surface area contributed by atoms with Gasteiger partial charge in [-0.25, -0.2) is 14.6 Å². The van der Waals surface area contributed by atoms with Crippen LogP contribution in [0.15, 0.2) is 6.33 Å². The van der Waals surface area contributed by atoms with Crippen LogP contribution in [-0.4, -0.2) is 42.7 Å².